The molecule has 0 unspecified atom stereocenters. The van der Waals surface area contributed by atoms with Crippen LogP contribution < -0.4 is 0 Å². The number of aliphatic carboxylic acids is 1. The van der Waals surface area contributed by atoms with Gasteiger partial charge in [-0.25, -0.2) is 0 Å². The summed E-state index contributed by atoms with van der Waals surface area (Å²) in [6, 6.07) is 0. The first-order valence-electron chi connectivity index (χ1n) is 9.15. The summed E-state index contributed by atoms with van der Waals surface area (Å²) in [6.45, 7) is 2.20. The molecule has 0 aromatic rings. The molecule has 0 heterocycles. The van der Waals surface area contributed by atoms with Crippen LogP contribution in [0.5, 0.6) is 0 Å². The van der Waals surface area contributed by atoms with Crippen molar-refractivity contribution in [3.63, 3.8) is 0 Å². The van der Waals surface area contributed by atoms with Gasteiger partial charge in [0.2, 0.25) is 0 Å². The van der Waals surface area contributed by atoms with Crippen LogP contribution in [0.2, 0.25) is 0 Å². The highest BCUT2D eigenvalue weighted by atomic mass is 16.4. The van der Waals surface area contributed by atoms with Crippen LogP contribution in [0.25, 0.3) is 0 Å². The third-order valence-corrected chi connectivity index (χ3v) is 4.19. The van der Waals surface area contributed by atoms with Crippen LogP contribution in [-0.2, 0) is 4.79 Å². The fourth-order valence-corrected chi connectivity index (χ4v) is 2.68. The van der Waals surface area contributed by atoms with Gasteiger partial charge < -0.3 is 15.3 Å². The lowest BCUT2D eigenvalue weighted by molar-refractivity contribution is -0.137. The van der Waals surface area contributed by atoms with Crippen LogP contribution in [0.3, 0.4) is 0 Å². The van der Waals surface area contributed by atoms with E-state index in [1.54, 1.807) is 0 Å². The SMILES string of the molecule is CCCCCCCC[C@H](O)[C@H](O)CCCCCCCC(=O)O. The third kappa shape index (κ3) is 14.3. The Morgan fingerprint density at radius 3 is 1.59 bits per heavy atom. The summed E-state index contributed by atoms with van der Waals surface area (Å²) >= 11 is 0. The fraction of sp³-hybridized carbons (Fsp3) is 0.944. The highest BCUT2D eigenvalue weighted by Gasteiger charge is 2.15. The Kier molecular flexibility index (Phi) is 14.9. The molecule has 0 amide bonds. The number of aliphatic hydroxyl groups is 2. The summed E-state index contributed by atoms with van der Waals surface area (Å²) in [7, 11) is 0. The Morgan fingerprint density at radius 2 is 1.14 bits per heavy atom. The van der Waals surface area contributed by atoms with E-state index in [1.165, 1.54) is 25.7 Å². The second kappa shape index (κ2) is 15.3. The minimum Gasteiger partial charge on any atom is -0.481 e. The minimum atomic E-state index is -0.728. The average molecular weight is 316 g/mol. The lowest BCUT2D eigenvalue weighted by Crippen LogP contribution is -2.25. The summed E-state index contributed by atoms with van der Waals surface area (Å²) in [6.07, 6.45) is 12.2. The molecule has 0 rings (SSSR count). The standard InChI is InChI=1S/C18H36O4/c1-2-3-4-5-7-10-13-16(19)17(20)14-11-8-6-9-12-15-18(21)22/h16-17,19-20H,2-15H2,1H3,(H,21,22)/t16-,17+/m0/s1. The topological polar surface area (TPSA) is 77.8 Å². The van der Waals surface area contributed by atoms with Crippen LogP contribution in [0.4, 0.5) is 0 Å². The fourth-order valence-electron chi connectivity index (χ4n) is 2.68. The van der Waals surface area contributed by atoms with Crippen molar-refractivity contribution in [2.75, 3.05) is 0 Å². The Bertz CT molecular complexity index is 255. The van der Waals surface area contributed by atoms with Gasteiger partial charge in [-0.15, -0.1) is 0 Å². The molecule has 22 heavy (non-hydrogen) atoms. The Hall–Kier alpha value is -0.610. The van der Waals surface area contributed by atoms with E-state index in [1.807, 2.05) is 0 Å². The number of hydrogen-bond acceptors (Lipinski definition) is 3. The summed E-state index contributed by atoms with van der Waals surface area (Å²) in [5.74, 6) is -0.728. The highest BCUT2D eigenvalue weighted by Crippen LogP contribution is 2.15. The van der Waals surface area contributed by atoms with Crippen molar-refractivity contribution in [3.8, 4) is 0 Å². The van der Waals surface area contributed by atoms with Crippen LogP contribution in [0.1, 0.15) is 96.8 Å². The van der Waals surface area contributed by atoms with Crippen molar-refractivity contribution in [2.45, 2.75) is 109 Å². The molecule has 0 bridgehead atoms. The molecule has 0 saturated carbocycles. The molecule has 3 N–H and O–H groups in total. The van der Waals surface area contributed by atoms with Gasteiger partial charge in [-0.3, -0.25) is 4.79 Å². The Labute approximate surface area is 135 Å². The van der Waals surface area contributed by atoms with Gasteiger partial charge in [-0.1, -0.05) is 71.1 Å². The lowest BCUT2D eigenvalue weighted by atomic mass is 9.99. The Morgan fingerprint density at radius 1 is 0.727 bits per heavy atom. The first kappa shape index (κ1) is 21.4. The molecule has 132 valence electrons. The van der Waals surface area contributed by atoms with Gasteiger partial charge in [0.25, 0.3) is 0 Å². The summed E-state index contributed by atoms with van der Waals surface area (Å²) in [5.41, 5.74) is 0. The Balaban J connectivity index is 3.38. The normalized spacial score (nSPS) is 14.0. The van der Waals surface area contributed by atoms with Crippen molar-refractivity contribution < 1.29 is 20.1 Å². The zero-order chi connectivity index (χ0) is 16.6. The maximum atomic E-state index is 10.4. The van der Waals surface area contributed by atoms with E-state index in [9.17, 15) is 15.0 Å². The maximum absolute atomic E-state index is 10.4. The zero-order valence-corrected chi connectivity index (χ0v) is 14.3. The second-order valence-electron chi connectivity index (χ2n) is 6.39. The van der Waals surface area contributed by atoms with Gasteiger partial charge in [0.1, 0.15) is 0 Å². The van der Waals surface area contributed by atoms with Crippen molar-refractivity contribution in [2.24, 2.45) is 0 Å². The molecule has 0 aliphatic carbocycles. The van der Waals surface area contributed by atoms with Gasteiger partial charge in [0.05, 0.1) is 12.2 Å². The number of rotatable bonds is 16. The predicted molar refractivity (Wildman–Crippen MR) is 90.0 cm³/mol. The maximum Gasteiger partial charge on any atom is 0.303 e. The van der Waals surface area contributed by atoms with Crippen LogP contribution in [-0.4, -0.2) is 33.5 Å². The quantitative estimate of drug-likeness (QED) is 0.371. The molecule has 0 aliphatic rings. The molecule has 4 nitrogen and oxygen atoms in total. The molecule has 0 radical (unpaired) electrons. The van der Waals surface area contributed by atoms with Gasteiger partial charge in [-0.05, 0) is 19.3 Å². The number of aliphatic hydroxyl groups excluding tert-OH is 2. The van der Waals surface area contributed by atoms with Crippen molar-refractivity contribution in [1.82, 2.24) is 0 Å². The van der Waals surface area contributed by atoms with Gasteiger partial charge in [-0.2, -0.15) is 0 Å². The molecule has 0 spiro atoms. The number of unbranched alkanes of at least 4 members (excludes halogenated alkanes) is 9. The molecule has 2 atom stereocenters. The van der Waals surface area contributed by atoms with E-state index in [0.29, 0.717) is 12.8 Å². The minimum absolute atomic E-state index is 0.250. The van der Waals surface area contributed by atoms with Crippen LogP contribution in [0, 0.1) is 0 Å². The molecule has 0 saturated heterocycles. The predicted octanol–water partition coefficient (Wildman–Crippen LogP) is 4.27. The molecule has 4 heteroatoms. The molecular formula is C18H36O4. The number of carbonyl (C=O) groups is 1. The van der Waals surface area contributed by atoms with Crippen LogP contribution in [0.15, 0.2) is 0 Å². The van der Waals surface area contributed by atoms with Crippen molar-refractivity contribution in [1.29, 1.82) is 0 Å². The van der Waals surface area contributed by atoms with E-state index in [0.717, 1.165) is 44.9 Å². The third-order valence-electron chi connectivity index (χ3n) is 4.19. The second-order valence-corrected chi connectivity index (χ2v) is 6.39. The largest absolute Gasteiger partial charge is 0.481 e. The van der Waals surface area contributed by atoms with E-state index >= 15 is 0 Å². The summed E-state index contributed by atoms with van der Waals surface area (Å²) in [4.78, 5) is 10.4. The van der Waals surface area contributed by atoms with Gasteiger partial charge >= 0.3 is 5.97 Å². The zero-order valence-electron chi connectivity index (χ0n) is 14.3. The highest BCUT2D eigenvalue weighted by molar-refractivity contribution is 5.66. The molecule has 0 aromatic carbocycles. The number of carboxylic acids is 1. The number of hydrogen-bond donors (Lipinski definition) is 3. The monoisotopic (exact) mass is 316 g/mol. The smallest absolute Gasteiger partial charge is 0.303 e. The van der Waals surface area contributed by atoms with E-state index in [2.05, 4.69) is 6.92 Å². The molecular weight excluding hydrogens is 280 g/mol. The molecule has 0 fully saturated rings. The van der Waals surface area contributed by atoms with Crippen molar-refractivity contribution >= 4 is 5.97 Å². The average Bonchev–Trinajstić information content (AvgIpc) is 2.49. The summed E-state index contributed by atoms with van der Waals surface area (Å²) in [5, 5.41) is 28.3. The number of carboxylic acid groups (broad SMARTS) is 1. The van der Waals surface area contributed by atoms with E-state index in [4.69, 9.17) is 5.11 Å². The van der Waals surface area contributed by atoms with E-state index in [-0.39, 0.29) is 6.42 Å². The molecule has 0 aliphatic heterocycles. The first-order valence-corrected chi connectivity index (χ1v) is 9.15. The van der Waals surface area contributed by atoms with E-state index < -0.39 is 18.2 Å². The summed E-state index contributed by atoms with van der Waals surface area (Å²) < 4.78 is 0. The van der Waals surface area contributed by atoms with Gasteiger partial charge in [0.15, 0.2) is 0 Å². The van der Waals surface area contributed by atoms with Crippen LogP contribution >= 0.6 is 0 Å². The first-order chi connectivity index (χ1) is 10.6. The van der Waals surface area contributed by atoms with Gasteiger partial charge in [0, 0.05) is 6.42 Å². The van der Waals surface area contributed by atoms with Crippen molar-refractivity contribution in [3.05, 3.63) is 0 Å². The lowest BCUT2D eigenvalue weighted by Gasteiger charge is -2.17. The molecule has 0 aromatic heterocycles.